The minimum atomic E-state index is -1.49. The third-order valence-electron chi connectivity index (χ3n) is 4.69. The summed E-state index contributed by atoms with van der Waals surface area (Å²) in [6.45, 7) is 2.22. The molecule has 2 aromatic carbocycles. The molecule has 0 aromatic heterocycles. The highest BCUT2D eigenvalue weighted by atomic mass is 32.1. The van der Waals surface area contributed by atoms with Gasteiger partial charge in [0.25, 0.3) is 0 Å². The minimum absolute atomic E-state index is 0.158. The van der Waals surface area contributed by atoms with Gasteiger partial charge in [-0.3, -0.25) is 9.59 Å². The Hall–Kier alpha value is -2.90. The molecule has 0 aliphatic rings. The number of nitrogens with zero attached hydrogens (tertiary/aromatic N) is 1. The Morgan fingerprint density at radius 2 is 1.80 bits per heavy atom. The number of thiocarbonyl (C=S) groups is 1. The first-order valence-corrected chi connectivity index (χ1v) is 10.0. The van der Waals surface area contributed by atoms with E-state index in [0.717, 1.165) is 5.56 Å². The molecule has 2 aromatic rings. The average molecular weight is 427 g/mol. The molecule has 6 nitrogen and oxygen atoms in total. The van der Waals surface area contributed by atoms with Crippen molar-refractivity contribution in [2.45, 2.75) is 13.3 Å². The topological polar surface area (TPSA) is 75.7 Å². The van der Waals surface area contributed by atoms with E-state index in [4.69, 9.17) is 17.0 Å². The molecule has 0 spiro atoms. The first-order chi connectivity index (χ1) is 14.3. The van der Waals surface area contributed by atoms with Crippen molar-refractivity contribution in [2.75, 3.05) is 32.6 Å². The fourth-order valence-corrected chi connectivity index (χ4v) is 3.19. The van der Waals surface area contributed by atoms with Gasteiger partial charge in [-0.25, -0.2) is 4.79 Å². The summed E-state index contributed by atoms with van der Waals surface area (Å²) in [5.41, 5.74) is 0.0315. The quantitative estimate of drug-likeness (QED) is 0.357. The van der Waals surface area contributed by atoms with Gasteiger partial charge >= 0.3 is 5.97 Å². The van der Waals surface area contributed by atoms with E-state index < -0.39 is 17.3 Å². The normalized spacial score (nSPS) is 12.7. The number of ketones is 1. The summed E-state index contributed by atoms with van der Waals surface area (Å²) in [6.07, 6.45) is 0.158. The van der Waals surface area contributed by atoms with Gasteiger partial charge in [-0.1, -0.05) is 48.6 Å². The first-order valence-electron chi connectivity index (χ1n) is 9.53. The van der Waals surface area contributed by atoms with Crippen molar-refractivity contribution >= 4 is 40.9 Å². The Labute approximate surface area is 182 Å². The lowest BCUT2D eigenvalue weighted by atomic mass is 9.79. The van der Waals surface area contributed by atoms with Crippen LogP contribution in [0.5, 0.6) is 0 Å². The Morgan fingerprint density at radius 1 is 1.10 bits per heavy atom. The summed E-state index contributed by atoms with van der Waals surface area (Å²) in [7, 11) is 3.77. The molecule has 2 rings (SSSR count). The minimum Gasteiger partial charge on any atom is -0.461 e. The van der Waals surface area contributed by atoms with Gasteiger partial charge in [-0.05, 0) is 51.2 Å². The summed E-state index contributed by atoms with van der Waals surface area (Å²) >= 11 is 5.10. The maximum absolute atomic E-state index is 13.1. The van der Waals surface area contributed by atoms with Crippen molar-refractivity contribution in [2.24, 2.45) is 5.41 Å². The molecule has 7 heteroatoms. The number of ether oxygens (including phenoxy) is 1. The number of hydrogen-bond acceptors (Lipinski definition) is 6. The molecule has 1 N–H and O–H groups in total. The predicted octanol–water partition coefficient (Wildman–Crippen LogP) is 3.16. The van der Waals surface area contributed by atoms with Gasteiger partial charge in [0.2, 0.25) is 5.91 Å². The Morgan fingerprint density at radius 3 is 2.40 bits per heavy atom. The molecule has 1 unspecified atom stereocenters. The van der Waals surface area contributed by atoms with Crippen LogP contribution in [0.25, 0.3) is 0 Å². The van der Waals surface area contributed by atoms with Gasteiger partial charge < -0.3 is 15.0 Å². The predicted molar refractivity (Wildman–Crippen MR) is 121 cm³/mol. The molecule has 0 saturated heterocycles. The molecule has 0 radical (unpaired) electrons. The number of carbonyl (C=O) groups excluding carboxylic acids is 3. The zero-order valence-corrected chi connectivity index (χ0v) is 18.2. The zero-order valence-electron chi connectivity index (χ0n) is 17.4. The fraction of sp³-hybridized carbons (Fsp3) is 0.304. The monoisotopic (exact) mass is 426 g/mol. The number of amides is 1. The van der Waals surface area contributed by atoms with Gasteiger partial charge in [0.15, 0.2) is 0 Å². The van der Waals surface area contributed by atoms with E-state index >= 15 is 0 Å². The van der Waals surface area contributed by atoms with Crippen LogP contribution in [0.15, 0.2) is 54.6 Å². The number of rotatable bonds is 10. The molecule has 1 amide bonds. The van der Waals surface area contributed by atoms with E-state index in [-0.39, 0.29) is 18.8 Å². The summed E-state index contributed by atoms with van der Waals surface area (Å²) in [4.78, 5) is 39.7. The summed E-state index contributed by atoms with van der Waals surface area (Å²) in [5.74, 6) is -1.37. The standard InChI is InChI=1S/C23H26N2O4S/c1-17(26)23(16-30,15-18-8-5-4-6-9-18)22(28)24-20-11-7-10-19(14-20)21(27)29-13-12-25(2)3/h4-11,14,16H,12-13,15H2,1-3H3,(H,24,28). The van der Waals surface area contributed by atoms with Gasteiger partial charge in [0.05, 0.1) is 5.56 Å². The molecule has 1 atom stereocenters. The van der Waals surface area contributed by atoms with Crippen molar-refractivity contribution in [3.8, 4) is 0 Å². The number of carbonyl (C=O) groups is 3. The Bertz CT molecular complexity index is 914. The van der Waals surface area contributed by atoms with E-state index in [1.54, 1.807) is 18.2 Å². The van der Waals surface area contributed by atoms with Crippen LogP contribution in [0.1, 0.15) is 22.8 Å². The average Bonchev–Trinajstić information content (AvgIpc) is 2.72. The van der Waals surface area contributed by atoms with Gasteiger partial charge in [-0.15, -0.1) is 0 Å². The van der Waals surface area contributed by atoms with E-state index in [9.17, 15) is 14.4 Å². The second-order valence-corrected chi connectivity index (χ2v) is 7.52. The molecule has 0 aliphatic heterocycles. The summed E-state index contributed by atoms with van der Waals surface area (Å²) < 4.78 is 5.23. The van der Waals surface area contributed by atoms with Crippen molar-refractivity contribution in [1.82, 2.24) is 4.90 Å². The highest BCUT2D eigenvalue weighted by molar-refractivity contribution is 7.79. The zero-order chi connectivity index (χ0) is 22.1. The maximum atomic E-state index is 13.1. The van der Waals surface area contributed by atoms with Crippen molar-refractivity contribution in [1.29, 1.82) is 0 Å². The van der Waals surface area contributed by atoms with E-state index in [1.165, 1.54) is 18.4 Å². The Balaban J connectivity index is 2.18. The van der Waals surface area contributed by atoms with Gasteiger partial charge in [0.1, 0.15) is 17.8 Å². The SMILES string of the molecule is CC(=O)C(C=S)(Cc1ccccc1)C(=O)Nc1cccc(C(=O)OCCN(C)C)c1. The van der Waals surface area contributed by atoms with Crippen LogP contribution >= 0.6 is 12.2 Å². The second kappa shape index (κ2) is 10.8. The number of Topliss-reactive ketones (excluding diaryl/α,β-unsaturated/α-hetero) is 1. The molecule has 0 bridgehead atoms. The summed E-state index contributed by atoms with van der Waals surface area (Å²) in [6, 6.07) is 15.6. The van der Waals surface area contributed by atoms with E-state index in [1.807, 2.05) is 49.3 Å². The van der Waals surface area contributed by atoms with Crippen LogP contribution in [-0.4, -0.2) is 55.2 Å². The fourth-order valence-electron chi connectivity index (χ4n) is 2.83. The molecule has 0 saturated carbocycles. The third kappa shape index (κ3) is 6.05. The van der Waals surface area contributed by atoms with Crippen LogP contribution in [0, 0.1) is 5.41 Å². The lowest BCUT2D eigenvalue weighted by molar-refractivity contribution is -0.132. The number of likely N-dealkylation sites (N-methyl/N-ethyl adjacent to an activating group) is 1. The van der Waals surface area contributed by atoms with Gasteiger partial charge in [-0.2, -0.15) is 0 Å². The highest BCUT2D eigenvalue weighted by Gasteiger charge is 2.41. The van der Waals surface area contributed by atoms with Crippen molar-refractivity contribution in [3.05, 3.63) is 65.7 Å². The first kappa shape index (κ1) is 23.4. The summed E-state index contributed by atoms with van der Waals surface area (Å²) in [5, 5.41) is 3.95. The lowest BCUT2D eigenvalue weighted by Crippen LogP contribution is -2.45. The number of hydrogen-bond donors (Lipinski definition) is 1. The maximum Gasteiger partial charge on any atom is 0.338 e. The number of anilines is 1. The van der Waals surface area contributed by atoms with Crippen LogP contribution in [-0.2, 0) is 20.7 Å². The van der Waals surface area contributed by atoms with Crippen molar-refractivity contribution < 1.29 is 19.1 Å². The molecule has 30 heavy (non-hydrogen) atoms. The number of nitrogens with one attached hydrogen (secondary N) is 1. The molecule has 158 valence electrons. The van der Waals surface area contributed by atoms with Crippen LogP contribution in [0.4, 0.5) is 5.69 Å². The molecular weight excluding hydrogens is 400 g/mol. The molecular formula is C23H26N2O4S. The van der Waals surface area contributed by atoms with Crippen LogP contribution < -0.4 is 5.32 Å². The number of esters is 1. The highest BCUT2D eigenvalue weighted by Crippen LogP contribution is 2.26. The van der Waals surface area contributed by atoms with Crippen molar-refractivity contribution in [3.63, 3.8) is 0 Å². The Kier molecular flexibility index (Phi) is 8.38. The number of benzene rings is 2. The van der Waals surface area contributed by atoms with E-state index in [2.05, 4.69) is 5.32 Å². The third-order valence-corrected chi connectivity index (χ3v) is 5.09. The second-order valence-electron chi connectivity index (χ2n) is 7.28. The smallest absolute Gasteiger partial charge is 0.338 e. The van der Waals surface area contributed by atoms with Gasteiger partial charge in [0, 0.05) is 17.6 Å². The molecule has 0 aliphatic carbocycles. The van der Waals surface area contributed by atoms with Crippen LogP contribution in [0.3, 0.4) is 0 Å². The van der Waals surface area contributed by atoms with Crippen LogP contribution in [0.2, 0.25) is 0 Å². The largest absolute Gasteiger partial charge is 0.461 e. The lowest BCUT2D eigenvalue weighted by Gasteiger charge is -2.26. The van der Waals surface area contributed by atoms with E-state index in [0.29, 0.717) is 17.8 Å². The molecule has 0 heterocycles. The molecule has 0 fully saturated rings.